The van der Waals surface area contributed by atoms with E-state index in [-0.39, 0.29) is 11.9 Å². The number of ether oxygens (including phenoxy) is 1. The third-order valence-corrected chi connectivity index (χ3v) is 4.19. The fourth-order valence-corrected chi connectivity index (χ4v) is 2.56. The lowest BCUT2D eigenvalue weighted by atomic mass is 10.2. The second-order valence-electron chi connectivity index (χ2n) is 6.42. The number of hydrogen-bond donors (Lipinski definition) is 2. The molecule has 2 heterocycles. The molecule has 1 amide bonds. The number of benzene rings is 1. The quantitative estimate of drug-likeness (QED) is 0.686. The van der Waals surface area contributed by atoms with Crippen LogP contribution in [0.3, 0.4) is 0 Å². The summed E-state index contributed by atoms with van der Waals surface area (Å²) in [7, 11) is 1.87. The van der Waals surface area contributed by atoms with Crippen molar-refractivity contribution >= 4 is 11.6 Å². The van der Waals surface area contributed by atoms with Crippen LogP contribution in [0.25, 0.3) is 5.65 Å². The fraction of sp³-hybridized carbons (Fsp3) is 0.300. The van der Waals surface area contributed by atoms with Gasteiger partial charge in [-0.15, -0.1) is 0 Å². The molecule has 0 spiro atoms. The molecule has 0 aliphatic carbocycles. The van der Waals surface area contributed by atoms with Crippen molar-refractivity contribution in [2.24, 2.45) is 0 Å². The first-order valence-corrected chi connectivity index (χ1v) is 8.67. The van der Waals surface area contributed by atoms with E-state index >= 15 is 0 Å². The fourth-order valence-electron chi connectivity index (χ4n) is 2.56. The van der Waals surface area contributed by atoms with Crippen molar-refractivity contribution in [3.8, 4) is 5.75 Å². The highest BCUT2D eigenvalue weighted by Crippen LogP contribution is 2.16. The molecule has 3 rings (SSSR count). The summed E-state index contributed by atoms with van der Waals surface area (Å²) >= 11 is 0. The smallest absolute Gasteiger partial charge is 0.251 e. The van der Waals surface area contributed by atoms with E-state index in [0.29, 0.717) is 24.5 Å². The normalized spacial score (nSPS) is 12.1. The molecule has 0 aliphatic rings. The molecule has 2 N–H and O–H groups in total. The molecule has 0 fully saturated rings. The van der Waals surface area contributed by atoms with Gasteiger partial charge in [-0.3, -0.25) is 4.79 Å². The molecule has 2 aromatic heterocycles. The van der Waals surface area contributed by atoms with Crippen molar-refractivity contribution in [2.45, 2.75) is 26.5 Å². The molecule has 136 valence electrons. The van der Waals surface area contributed by atoms with E-state index in [0.717, 1.165) is 11.3 Å². The summed E-state index contributed by atoms with van der Waals surface area (Å²) < 4.78 is 7.81. The minimum atomic E-state index is -0.110. The van der Waals surface area contributed by atoms with Crippen LogP contribution in [-0.4, -0.2) is 34.9 Å². The van der Waals surface area contributed by atoms with Gasteiger partial charge in [-0.2, -0.15) is 0 Å². The average molecular weight is 352 g/mol. The number of imidazole rings is 1. The van der Waals surface area contributed by atoms with E-state index in [1.165, 1.54) is 5.56 Å². The van der Waals surface area contributed by atoms with Crippen LogP contribution in [0.4, 0.5) is 0 Å². The lowest BCUT2D eigenvalue weighted by molar-refractivity contribution is 0.0950. The monoisotopic (exact) mass is 352 g/mol. The Labute approximate surface area is 153 Å². The number of fused-ring (bicyclic) bond motifs is 1. The van der Waals surface area contributed by atoms with Gasteiger partial charge >= 0.3 is 0 Å². The van der Waals surface area contributed by atoms with Crippen LogP contribution in [0.2, 0.25) is 0 Å². The van der Waals surface area contributed by atoms with Gasteiger partial charge in [-0.1, -0.05) is 12.1 Å². The van der Waals surface area contributed by atoms with Crippen molar-refractivity contribution in [3.05, 3.63) is 65.6 Å². The summed E-state index contributed by atoms with van der Waals surface area (Å²) in [6, 6.07) is 11.4. The first kappa shape index (κ1) is 17.9. The van der Waals surface area contributed by atoms with Crippen LogP contribution in [0.15, 0.2) is 48.8 Å². The second-order valence-corrected chi connectivity index (χ2v) is 6.42. The molecule has 3 aromatic rings. The minimum absolute atomic E-state index is 0.110. The Hall–Kier alpha value is -2.86. The Kier molecular flexibility index (Phi) is 5.53. The van der Waals surface area contributed by atoms with E-state index in [9.17, 15) is 4.79 Å². The van der Waals surface area contributed by atoms with Gasteiger partial charge in [0.15, 0.2) is 0 Å². The zero-order valence-electron chi connectivity index (χ0n) is 15.3. The summed E-state index contributed by atoms with van der Waals surface area (Å²) in [6.07, 6.45) is 3.99. The summed E-state index contributed by atoms with van der Waals surface area (Å²) in [5, 5.41) is 5.99. The zero-order chi connectivity index (χ0) is 18.5. The van der Waals surface area contributed by atoms with Crippen molar-refractivity contribution < 1.29 is 9.53 Å². The first-order chi connectivity index (χ1) is 12.5. The minimum Gasteiger partial charge on any atom is -0.487 e. The number of carbonyl (C=O) groups is 1. The van der Waals surface area contributed by atoms with Crippen LogP contribution in [0.1, 0.15) is 28.5 Å². The number of aryl methyl sites for hydroxylation is 1. The van der Waals surface area contributed by atoms with Crippen LogP contribution >= 0.6 is 0 Å². The van der Waals surface area contributed by atoms with Gasteiger partial charge in [0.25, 0.3) is 5.91 Å². The van der Waals surface area contributed by atoms with Crippen LogP contribution in [0.5, 0.6) is 5.75 Å². The van der Waals surface area contributed by atoms with Gasteiger partial charge in [-0.05, 0) is 50.7 Å². The largest absolute Gasteiger partial charge is 0.487 e. The Morgan fingerprint density at radius 3 is 2.92 bits per heavy atom. The van der Waals surface area contributed by atoms with Crippen molar-refractivity contribution in [1.82, 2.24) is 20.0 Å². The Bertz CT molecular complexity index is 904. The lowest BCUT2D eigenvalue weighted by Crippen LogP contribution is -2.37. The number of nitrogens with zero attached hydrogens (tertiary/aromatic N) is 2. The summed E-state index contributed by atoms with van der Waals surface area (Å²) in [5.74, 6) is 0.535. The highest BCUT2D eigenvalue weighted by atomic mass is 16.5. The third kappa shape index (κ3) is 4.40. The zero-order valence-corrected chi connectivity index (χ0v) is 15.3. The molecule has 6 nitrogen and oxygen atoms in total. The maximum Gasteiger partial charge on any atom is 0.251 e. The average Bonchev–Trinajstić information content (AvgIpc) is 3.06. The molecule has 0 radical (unpaired) electrons. The Morgan fingerprint density at radius 2 is 2.12 bits per heavy atom. The molecule has 1 aromatic carbocycles. The second kappa shape index (κ2) is 8.01. The topological polar surface area (TPSA) is 67.7 Å². The lowest BCUT2D eigenvalue weighted by Gasteiger charge is -2.12. The predicted octanol–water partition coefficient (Wildman–Crippen LogP) is 2.56. The van der Waals surface area contributed by atoms with Crippen molar-refractivity contribution in [2.75, 3.05) is 13.6 Å². The number of nitrogens with one attached hydrogen (secondary N) is 2. The standard InChI is InChI=1S/C20H24N4O2/c1-14-7-8-19-23-17(12-24(19)11-14)13-26-18-6-4-5-16(9-18)20(25)22-10-15(2)21-3/h4-9,11-12,15,21H,10,13H2,1-3H3,(H,22,25). The van der Waals surface area contributed by atoms with Gasteiger partial charge in [0.05, 0.1) is 5.69 Å². The van der Waals surface area contributed by atoms with Gasteiger partial charge in [0, 0.05) is 30.5 Å². The number of aromatic nitrogens is 2. The van der Waals surface area contributed by atoms with Crippen LogP contribution in [0, 0.1) is 6.92 Å². The number of carbonyl (C=O) groups excluding carboxylic acids is 1. The maximum atomic E-state index is 12.2. The third-order valence-electron chi connectivity index (χ3n) is 4.19. The molecular formula is C20H24N4O2. The highest BCUT2D eigenvalue weighted by Gasteiger charge is 2.09. The molecule has 0 saturated carbocycles. The summed E-state index contributed by atoms with van der Waals surface area (Å²) in [5.41, 5.74) is 3.49. The Balaban J connectivity index is 1.63. The summed E-state index contributed by atoms with van der Waals surface area (Å²) in [4.78, 5) is 16.8. The first-order valence-electron chi connectivity index (χ1n) is 8.67. The maximum absolute atomic E-state index is 12.2. The van der Waals surface area contributed by atoms with Crippen LogP contribution in [-0.2, 0) is 6.61 Å². The van der Waals surface area contributed by atoms with E-state index in [1.54, 1.807) is 12.1 Å². The molecule has 1 unspecified atom stereocenters. The number of hydrogen-bond acceptors (Lipinski definition) is 4. The van der Waals surface area contributed by atoms with Gasteiger partial charge in [-0.25, -0.2) is 4.98 Å². The Morgan fingerprint density at radius 1 is 1.27 bits per heavy atom. The van der Waals surface area contributed by atoms with Crippen molar-refractivity contribution in [1.29, 1.82) is 0 Å². The molecular weight excluding hydrogens is 328 g/mol. The molecule has 0 aliphatic heterocycles. The predicted molar refractivity (Wildman–Crippen MR) is 102 cm³/mol. The van der Waals surface area contributed by atoms with Crippen molar-refractivity contribution in [3.63, 3.8) is 0 Å². The number of pyridine rings is 1. The number of likely N-dealkylation sites (N-methyl/N-ethyl adjacent to an activating group) is 1. The molecule has 26 heavy (non-hydrogen) atoms. The van der Waals surface area contributed by atoms with E-state index in [4.69, 9.17) is 4.74 Å². The molecule has 6 heteroatoms. The molecule has 1 atom stereocenters. The summed E-state index contributed by atoms with van der Waals surface area (Å²) in [6.45, 7) is 4.98. The molecule has 0 bridgehead atoms. The SMILES string of the molecule is CNC(C)CNC(=O)c1cccc(OCc2cn3cc(C)ccc3n2)c1. The molecule has 0 saturated heterocycles. The van der Waals surface area contributed by atoms with Gasteiger partial charge in [0.1, 0.15) is 18.0 Å². The number of rotatable bonds is 7. The van der Waals surface area contributed by atoms with E-state index < -0.39 is 0 Å². The van der Waals surface area contributed by atoms with Crippen LogP contribution < -0.4 is 15.4 Å². The van der Waals surface area contributed by atoms with E-state index in [2.05, 4.69) is 15.6 Å². The van der Waals surface area contributed by atoms with E-state index in [1.807, 2.05) is 62.0 Å². The highest BCUT2D eigenvalue weighted by molar-refractivity contribution is 5.94. The van der Waals surface area contributed by atoms with Gasteiger partial charge < -0.3 is 19.8 Å². The number of amides is 1. The van der Waals surface area contributed by atoms with Gasteiger partial charge in [0.2, 0.25) is 0 Å².